The third-order valence-corrected chi connectivity index (χ3v) is 5.53. The highest BCUT2D eigenvalue weighted by molar-refractivity contribution is 6.23. The van der Waals surface area contributed by atoms with E-state index in [1.165, 1.54) is 4.90 Å². The summed E-state index contributed by atoms with van der Waals surface area (Å²) in [6.45, 7) is 2.64. The van der Waals surface area contributed by atoms with E-state index in [1.54, 1.807) is 47.7 Å². The molecule has 0 bridgehead atoms. The molecule has 0 radical (unpaired) electrons. The van der Waals surface area contributed by atoms with Gasteiger partial charge in [-0.25, -0.2) is 9.96 Å². The zero-order valence-corrected chi connectivity index (χ0v) is 17.0. The number of carbonyl (C=O) groups is 2. The van der Waals surface area contributed by atoms with Crippen LogP contribution in [0.4, 0.5) is 11.4 Å². The van der Waals surface area contributed by atoms with Gasteiger partial charge in [0, 0.05) is 0 Å². The van der Waals surface area contributed by atoms with Crippen LogP contribution in [0.15, 0.2) is 77.4 Å². The predicted molar refractivity (Wildman–Crippen MR) is 113 cm³/mol. The summed E-state index contributed by atoms with van der Waals surface area (Å²) in [5.41, 5.74) is 1.25. The quantitative estimate of drug-likeness (QED) is 0.561. The number of para-hydroxylation sites is 1. The molecule has 2 amide bonds. The smallest absolute Gasteiger partial charge is 0.266 e. The van der Waals surface area contributed by atoms with Crippen molar-refractivity contribution in [3.8, 4) is 5.75 Å². The monoisotopic (exact) mass is 418 g/mol. The maximum atomic E-state index is 13.5. The van der Waals surface area contributed by atoms with E-state index in [-0.39, 0.29) is 11.8 Å². The van der Waals surface area contributed by atoms with Crippen molar-refractivity contribution in [2.75, 3.05) is 16.6 Å². The van der Waals surface area contributed by atoms with Crippen LogP contribution in [-0.4, -0.2) is 24.5 Å². The maximum absolute atomic E-state index is 13.5. The average Bonchev–Trinajstić information content (AvgIpc) is 3.51. The molecule has 5 rings (SSSR count). The Labute approximate surface area is 179 Å². The summed E-state index contributed by atoms with van der Waals surface area (Å²) >= 11 is 0. The Morgan fingerprint density at radius 1 is 0.903 bits per heavy atom. The average molecular weight is 418 g/mol. The van der Waals surface area contributed by atoms with Crippen LogP contribution in [0.25, 0.3) is 0 Å². The second kappa shape index (κ2) is 7.92. The van der Waals surface area contributed by atoms with Crippen LogP contribution in [0.3, 0.4) is 0 Å². The normalized spacial score (nSPS) is 22.8. The fourth-order valence-corrected chi connectivity index (χ4v) is 4.13. The number of nitrogens with zero attached hydrogens (tertiary/aromatic N) is 2. The van der Waals surface area contributed by atoms with Gasteiger partial charge in [-0.1, -0.05) is 25.1 Å². The van der Waals surface area contributed by atoms with Crippen molar-refractivity contribution >= 4 is 23.2 Å². The molecule has 3 aromatic rings. The molecule has 0 aliphatic carbocycles. The lowest BCUT2D eigenvalue weighted by Gasteiger charge is -2.27. The lowest BCUT2D eigenvalue weighted by molar-refractivity contribution is -0.126. The first-order chi connectivity index (χ1) is 15.2. The van der Waals surface area contributed by atoms with Crippen LogP contribution < -0.4 is 14.7 Å². The van der Waals surface area contributed by atoms with Crippen molar-refractivity contribution in [1.29, 1.82) is 0 Å². The molecule has 0 spiro atoms. The fraction of sp³-hybridized carbons (Fsp3) is 0.250. The Morgan fingerprint density at radius 2 is 1.68 bits per heavy atom. The molecular weight excluding hydrogens is 396 g/mol. The number of imide groups is 1. The summed E-state index contributed by atoms with van der Waals surface area (Å²) in [5, 5.41) is 1.61. The molecule has 0 unspecified atom stereocenters. The van der Waals surface area contributed by atoms with Gasteiger partial charge in [0.05, 0.1) is 24.2 Å². The van der Waals surface area contributed by atoms with Gasteiger partial charge < -0.3 is 9.15 Å². The summed E-state index contributed by atoms with van der Waals surface area (Å²) in [6, 6.07) is 19.4. The van der Waals surface area contributed by atoms with Crippen molar-refractivity contribution in [3.63, 3.8) is 0 Å². The van der Waals surface area contributed by atoms with E-state index in [0.29, 0.717) is 23.8 Å². The van der Waals surface area contributed by atoms with Crippen molar-refractivity contribution in [1.82, 2.24) is 0 Å². The molecule has 2 aliphatic rings. The number of anilines is 2. The zero-order chi connectivity index (χ0) is 21.4. The van der Waals surface area contributed by atoms with E-state index in [4.69, 9.17) is 14.0 Å². The third kappa shape index (κ3) is 3.27. The standard InChI is InChI=1S/C24H22N2O5/c1-2-14-29-18-12-10-16(11-13-18)25-23(27)20-21(19-9-6-15-30-19)26(31-22(20)24(25)28)17-7-4-3-5-8-17/h3-13,15,20-22H,2,14H2,1H3/t20-,21-,22-/m0/s1. The molecule has 7 nitrogen and oxygen atoms in total. The largest absolute Gasteiger partial charge is 0.494 e. The molecular formula is C24H22N2O5. The van der Waals surface area contributed by atoms with E-state index in [1.807, 2.05) is 37.3 Å². The number of benzene rings is 2. The Morgan fingerprint density at radius 3 is 2.35 bits per heavy atom. The van der Waals surface area contributed by atoms with Crippen LogP contribution in [0.2, 0.25) is 0 Å². The molecule has 3 atom stereocenters. The molecule has 31 heavy (non-hydrogen) atoms. The Balaban J connectivity index is 1.47. The van der Waals surface area contributed by atoms with E-state index in [9.17, 15) is 9.59 Å². The minimum Gasteiger partial charge on any atom is -0.494 e. The van der Waals surface area contributed by atoms with Crippen molar-refractivity contribution in [2.45, 2.75) is 25.5 Å². The number of hydrogen-bond acceptors (Lipinski definition) is 6. The van der Waals surface area contributed by atoms with E-state index in [2.05, 4.69) is 0 Å². The van der Waals surface area contributed by atoms with Gasteiger partial charge in [-0.05, 0) is 55.0 Å². The number of rotatable bonds is 6. The number of hydrogen-bond donors (Lipinski definition) is 0. The lowest BCUT2D eigenvalue weighted by atomic mass is 9.94. The number of fused-ring (bicyclic) bond motifs is 1. The van der Waals surface area contributed by atoms with Gasteiger partial charge in [-0.2, -0.15) is 0 Å². The van der Waals surface area contributed by atoms with Gasteiger partial charge in [0.1, 0.15) is 23.5 Å². The number of ether oxygens (including phenoxy) is 1. The van der Waals surface area contributed by atoms with Crippen LogP contribution in [0.1, 0.15) is 25.1 Å². The Kier molecular flexibility index (Phi) is 4.95. The van der Waals surface area contributed by atoms with Gasteiger partial charge in [0.15, 0.2) is 6.10 Å². The SMILES string of the molecule is CCCOc1ccc(N2C(=O)[C@@H]3[C@H](ON(c4ccccc4)[C@H]3c3ccco3)C2=O)cc1. The summed E-state index contributed by atoms with van der Waals surface area (Å²) in [7, 11) is 0. The second-order valence-electron chi connectivity index (χ2n) is 7.53. The van der Waals surface area contributed by atoms with Gasteiger partial charge in [0.25, 0.3) is 5.91 Å². The van der Waals surface area contributed by atoms with Gasteiger partial charge in [0.2, 0.25) is 5.91 Å². The van der Waals surface area contributed by atoms with Gasteiger partial charge in [-0.15, -0.1) is 0 Å². The second-order valence-corrected chi connectivity index (χ2v) is 7.53. The number of amides is 2. The molecule has 1 aromatic heterocycles. The summed E-state index contributed by atoms with van der Waals surface area (Å²) in [5.74, 6) is -0.133. The van der Waals surface area contributed by atoms with E-state index < -0.39 is 18.1 Å². The minimum absolute atomic E-state index is 0.308. The highest BCUT2D eigenvalue weighted by atomic mass is 16.7. The van der Waals surface area contributed by atoms with E-state index in [0.717, 1.165) is 12.1 Å². The fourth-order valence-electron chi connectivity index (χ4n) is 4.13. The molecule has 2 fully saturated rings. The lowest BCUT2D eigenvalue weighted by Crippen LogP contribution is -2.37. The van der Waals surface area contributed by atoms with Crippen molar-refractivity contribution < 1.29 is 23.6 Å². The molecule has 0 N–H and O–H groups in total. The van der Waals surface area contributed by atoms with Crippen molar-refractivity contribution in [3.05, 3.63) is 78.8 Å². The zero-order valence-electron chi connectivity index (χ0n) is 17.0. The molecule has 0 saturated carbocycles. The highest BCUT2D eigenvalue weighted by Crippen LogP contribution is 2.47. The summed E-state index contributed by atoms with van der Waals surface area (Å²) < 4.78 is 11.2. The van der Waals surface area contributed by atoms with E-state index >= 15 is 0 Å². The summed E-state index contributed by atoms with van der Waals surface area (Å²) in [4.78, 5) is 34.0. The molecule has 2 aliphatic heterocycles. The molecule has 7 heteroatoms. The first kappa shape index (κ1) is 19.4. The molecule has 2 aromatic carbocycles. The molecule has 3 heterocycles. The van der Waals surface area contributed by atoms with Crippen LogP contribution in [-0.2, 0) is 14.4 Å². The number of carbonyl (C=O) groups excluding carboxylic acids is 2. The summed E-state index contributed by atoms with van der Waals surface area (Å²) in [6.07, 6.45) is 1.54. The molecule has 2 saturated heterocycles. The van der Waals surface area contributed by atoms with Crippen LogP contribution >= 0.6 is 0 Å². The minimum atomic E-state index is -0.918. The maximum Gasteiger partial charge on any atom is 0.266 e. The number of furan rings is 1. The van der Waals surface area contributed by atoms with Gasteiger partial charge in [-0.3, -0.25) is 14.4 Å². The van der Waals surface area contributed by atoms with Crippen molar-refractivity contribution in [2.24, 2.45) is 5.92 Å². The number of hydroxylamine groups is 1. The van der Waals surface area contributed by atoms with Gasteiger partial charge >= 0.3 is 0 Å². The third-order valence-electron chi connectivity index (χ3n) is 5.53. The predicted octanol–water partition coefficient (Wildman–Crippen LogP) is 4.12. The first-order valence-corrected chi connectivity index (χ1v) is 10.3. The van der Waals surface area contributed by atoms with Crippen LogP contribution in [0.5, 0.6) is 5.75 Å². The first-order valence-electron chi connectivity index (χ1n) is 10.3. The Hall–Kier alpha value is -3.58. The topological polar surface area (TPSA) is 72.2 Å². The van der Waals surface area contributed by atoms with Crippen LogP contribution in [0, 0.1) is 5.92 Å². The Bertz CT molecular complexity index is 1070. The molecule has 158 valence electrons. The highest BCUT2D eigenvalue weighted by Gasteiger charge is 2.61.